The lowest BCUT2D eigenvalue weighted by atomic mass is 10.4. The summed E-state index contributed by atoms with van der Waals surface area (Å²) in [4.78, 5) is 4.14. The molecule has 1 aromatic rings. The molecule has 15 heavy (non-hydrogen) atoms. The zero-order valence-electron chi connectivity index (χ0n) is 8.18. The minimum atomic E-state index is -0.0132. The highest BCUT2D eigenvalue weighted by atomic mass is 15.7. The van der Waals surface area contributed by atoms with Gasteiger partial charge in [-0.15, -0.1) is 0 Å². The largest absolute Gasteiger partial charge is 0.382 e. The van der Waals surface area contributed by atoms with Crippen molar-refractivity contribution < 1.29 is 0 Å². The number of nitrogens with two attached hydrogens (primary N) is 1. The second kappa shape index (κ2) is 3.45. The van der Waals surface area contributed by atoms with Crippen molar-refractivity contribution in [2.24, 2.45) is 17.9 Å². The number of nitrogen functional groups attached to an aromatic ring is 1. The highest BCUT2D eigenvalue weighted by Crippen LogP contribution is 2.12. The molecule has 1 aliphatic heterocycles. The molecule has 0 saturated heterocycles. The Labute approximate surface area is 86.4 Å². The van der Waals surface area contributed by atoms with Crippen LogP contribution in [0, 0.1) is 5.41 Å². The molecule has 0 spiro atoms. The summed E-state index contributed by atoms with van der Waals surface area (Å²) in [5.41, 5.74) is 8.71. The zero-order chi connectivity index (χ0) is 10.8. The molecule has 1 aromatic heterocycles. The minimum absolute atomic E-state index is 0.0132. The molecule has 0 bridgehead atoms. The van der Waals surface area contributed by atoms with Crippen molar-refractivity contribution in [1.82, 2.24) is 15.1 Å². The van der Waals surface area contributed by atoms with Crippen molar-refractivity contribution in [2.75, 3.05) is 5.01 Å². The minimum Gasteiger partial charge on any atom is -0.382 e. The Hall–Kier alpha value is -2.31. The predicted octanol–water partition coefficient (Wildman–Crippen LogP) is -0.472. The van der Waals surface area contributed by atoms with Gasteiger partial charge in [0.05, 0.1) is 12.4 Å². The van der Waals surface area contributed by atoms with E-state index in [1.165, 1.54) is 0 Å². The highest BCUT2D eigenvalue weighted by molar-refractivity contribution is 5.93. The van der Waals surface area contributed by atoms with Gasteiger partial charge in [-0.3, -0.25) is 5.41 Å². The number of rotatable bonds is 2. The summed E-state index contributed by atoms with van der Waals surface area (Å²) in [6.45, 7) is 0. The Morgan fingerprint density at radius 2 is 2.40 bits per heavy atom. The van der Waals surface area contributed by atoms with Crippen molar-refractivity contribution in [3.8, 4) is 0 Å². The quantitative estimate of drug-likeness (QED) is 0.449. The van der Waals surface area contributed by atoms with Gasteiger partial charge < -0.3 is 10.3 Å². The number of aromatic nitrogens is 2. The number of allylic oxidation sites excluding steroid dienone is 1. The fraction of sp³-hybridized carbons (Fsp3) is 0.125. The Bertz CT molecular complexity index is 442. The SMILES string of the molecule is Cn1c(C(=N)N)cnc1N1C=CC=NN1. The number of hydrogen-bond donors (Lipinski definition) is 3. The van der Waals surface area contributed by atoms with E-state index in [1.807, 2.05) is 0 Å². The Morgan fingerprint density at radius 1 is 1.60 bits per heavy atom. The summed E-state index contributed by atoms with van der Waals surface area (Å²) in [5.74, 6) is 0.606. The molecule has 0 fully saturated rings. The lowest BCUT2D eigenvalue weighted by Crippen LogP contribution is -2.33. The fourth-order valence-corrected chi connectivity index (χ4v) is 1.28. The van der Waals surface area contributed by atoms with E-state index in [9.17, 15) is 0 Å². The molecule has 0 aliphatic carbocycles. The molecule has 7 heteroatoms. The van der Waals surface area contributed by atoms with Crippen molar-refractivity contribution in [3.63, 3.8) is 0 Å². The number of hydrazine groups is 1. The van der Waals surface area contributed by atoms with E-state index in [1.54, 1.807) is 41.3 Å². The second-order valence-corrected chi connectivity index (χ2v) is 3.01. The lowest BCUT2D eigenvalue weighted by Gasteiger charge is -2.19. The van der Waals surface area contributed by atoms with E-state index >= 15 is 0 Å². The number of nitrogens with one attached hydrogen (secondary N) is 2. The van der Waals surface area contributed by atoms with E-state index in [-0.39, 0.29) is 5.84 Å². The number of hydrogen-bond acceptors (Lipinski definition) is 5. The molecule has 0 atom stereocenters. The molecule has 0 amide bonds. The third-order valence-electron chi connectivity index (χ3n) is 2.02. The molecule has 0 radical (unpaired) electrons. The van der Waals surface area contributed by atoms with Crippen LogP contribution < -0.4 is 16.3 Å². The molecular weight excluding hydrogens is 194 g/mol. The molecule has 2 heterocycles. The molecular formula is C8H11N7. The van der Waals surface area contributed by atoms with Gasteiger partial charge in [-0.25, -0.2) is 15.5 Å². The summed E-state index contributed by atoms with van der Waals surface area (Å²) in [7, 11) is 1.78. The molecule has 4 N–H and O–H groups in total. The van der Waals surface area contributed by atoms with E-state index in [2.05, 4.69) is 15.6 Å². The summed E-state index contributed by atoms with van der Waals surface area (Å²) < 4.78 is 1.71. The fourth-order valence-electron chi connectivity index (χ4n) is 1.28. The second-order valence-electron chi connectivity index (χ2n) is 3.01. The van der Waals surface area contributed by atoms with Crippen LogP contribution in [0.1, 0.15) is 5.69 Å². The van der Waals surface area contributed by atoms with E-state index < -0.39 is 0 Å². The average Bonchev–Trinajstić information content (AvgIpc) is 2.61. The summed E-state index contributed by atoms with van der Waals surface area (Å²) in [6, 6.07) is 0. The summed E-state index contributed by atoms with van der Waals surface area (Å²) in [5, 5.41) is 12.8. The van der Waals surface area contributed by atoms with Gasteiger partial charge in [0.2, 0.25) is 5.95 Å². The Morgan fingerprint density at radius 3 is 2.93 bits per heavy atom. The zero-order valence-corrected chi connectivity index (χ0v) is 8.18. The van der Waals surface area contributed by atoms with Crippen molar-refractivity contribution in [3.05, 3.63) is 24.2 Å². The third-order valence-corrected chi connectivity index (χ3v) is 2.02. The van der Waals surface area contributed by atoms with Crippen LogP contribution in [0.4, 0.5) is 5.95 Å². The van der Waals surface area contributed by atoms with Crippen molar-refractivity contribution in [1.29, 1.82) is 5.41 Å². The Kier molecular flexibility index (Phi) is 2.13. The predicted molar refractivity (Wildman–Crippen MR) is 57.5 cm³/mol. The van der Waals surface area contributed by atoms with Crippen LogP contribution >= 0.6 is 0 Å². The lowest BCUT2D eigenvalue weighted by molar-refractivity contribution is 0.702. The molecule has 0 saturated carbocycles. The first-order valence-corrected chi connectivity index (χ1v) is 4.31. The molecule has 78 valence electrons. The van der Waals surface area contributed by atoms with Gasteiger partial charge in [0.25, 0.3) is 0 Å². The number of hydrazone groups is 1. The van der Waals surface area contributed by atoms with Gasteiger partial charge in [-0.2, -0.15) is 5.10 Å². The third kappa shape index (κ3) is 1.54. The topological polar surface area (TPSA) is 95.3 Å². The molecule has 7 nitrogen and oxygen atoms in total. The maximum absolute atomic E-state index is 7.33. The first kappa shape index (κ1) is 9.25. The Balaban J connectivity index is 2.33. The van der Waals surface area contributed by atoms with Crippen LogP contribution in [0.5, 0.6) is 0 Å². The highest BCUT2D eigenvalue weighted by Gasteiger charge is 2.13. The van der Waals surface area contributed by atoms with Crippen LogP contribution in [0.3, 0.4) is 0 Å². The van der Waals surface area contributed by atoms with Gasteiger partial charge in [0, 0.05) is 13.2 Å². The molecule has 0 aromatic carbocycles. The number of imidazole rings is 1. The van der Waals surface area contributed by atoms with Crippen LogP contribution in [-0.2, 0) is 7.05 Å². The van der Waals surface area contributed by atoms with Crippen LogP contribution in [0.25, 0.3) is 0 Å². The normalized spacial score (nSPS) is 14.1. The van der Waals surface area contributed by atoms with Gasteiger partial charge in [0.1, 0.15) is 11.5 Å². The van der Waals surface area contributed by atoms with Gasteiger partial charge in [-0.05, 0) is 6.08 Å². The maximum Gasteiger partial charge on any atom is 0.230 e. The smallest absolute Gasteiger partial charge is 0.230 e. The van der Waals surface area contributed by atoms with Gasteiger partial charge in [-0.1, -0.05) is 0 Å². The standard InChI is InChI=1S/C8H11N7/c1-14-6(7(9)10)5-11-8(14)15-4-2-3-12-13-15/h2-5,13H,1H3,(H3,9,10). The summed E-state index contributed by atoms with van der Waals surface area (Å²) in [6.07, 6.45) is 6.73. The maximum atomic E-state index is 7.33. The van der Waals surface area contributed by atoms with Gasteiger partial charge >= 0.3 is 0 Å². The first-order valence-electron chi connectivity index (χ1n) is 4.31. The number of nitrogens with zero attached hydrogens (tertiary/aromatic N) is 4. The van der Waals surface area contributed by atoms with Crippen LogP contribution in [-0.4, -0.2) is 21.6 Å². The van der Waals surface area contributed by atoms with Gasteiger partial charge in [0.15, 0.2) is 0 Å². The van der Waals surface area contributed by atoms with Crippen molar-refractivity contribution >= 4 is 18.0 Å². The van der Waals surface area contributed by atoms with E-state index in [0.29, 0.717) is 11.6 Å². The molecule has 2 rings (SSSR count). The average molecular weight is 205 g/mol. The first-order chi connectivity index (χ1) is 7.20. The summed E-state index contributed by atoms with van der Waals surface area (Å²) >= 11 is 0. The monoisotopic (exact) mass is 205 g/mol. The van der Waals surface area contributed by atoms with Crippen molar-refractivity contribution in [2.45, 2.75) is 0 Å². The molecule has 1 aliphatic rings. The number of anilines is 1. The van der Waals surface area contributed by atoms with Crippen LogP contribution in [0.15, 0.2) is 23.6 Å². The molecule has 0 unspecified atom stereocenters. The van der Waals surface area contributed by atoms with E-state index in [0.717, 1.165) is 0 Å². The van der Waals surface area contributed by atoms with Crippen LogP contribution in [0.2, 0.25) is 0 Å². The van der Waals surface area contributed by atoms with E-state index in [4.69, 9.17) is 11.1 Å². The number of amidine groups is 1.